The topological polar surface area (TPSA) is 26.0 Å². The molecule has 0 spiro atoms. The van der Waals surface area contributed by atoms with Crippen LogP contribution in [0.3, 0.4) is 0 Å². The van der Waals surface area contributed by atoms with E-state index in [0.29, 0.717) is 11.1 Å². The first kappa shape index (κ1) is 15.5. The van der Waals surface area contributed by atoms with Gasteiger partial charge >= 0.3 is 6.18 Å². The van der Waals surface area contributed by atoms with E-state index in [4.69, 9.17) is 5.73 Å². The molecule has 2 N–H and O–H groups in total. The smallest absolute Gasteiger partial charge is 0.324 e. The van der Waals surface area contributed by atoms with E-state index in [-0.39, 0.29) is 6.42 Å². The maximum Gasteiger partial charge on any atom is 0.416 e. The molecule has 0 fully saturated rings. The molecule has 0 radical (unpaired) electrons. The first-order valence-corrected chi connectivity index (χ1v) is 6.44. The zero-order valence-corrected chi connectivity index (χ0v) is 11.4. The van der Waals surface area contributed by atoms with Gasteiger partial charge in [0.05, 0.1) is 5.56 Å². The second kappa shape index (κ2) is 5.85. The van der Waals surface area contributed by atoms with Crippen LogP contribution in [0.25, 0.3) is 0 Å². The third-order valence-electron chi connectivity index (χ3n) is 3.20. The Morgan fingerprint density at radius 2 is 1.81 bits per heavy atom. The maximum atomic E-state index is 13.3. The van der Waals surface area contributed by atoms with Crippen molar-refractivity contribution in [1.29, 1.82) is 0 Å². The van der Waals surface area contributed by atoms with Crippen LogP contribution in [-0.2, 0) is 12.6 Å². The average Bonchev–Trinajstić information content (AvgIpc) is 2.37. The Kier molecular flexibility index (Phi) is 4.32. The summed E-state index contributed by atoms with van der Waals surface area (Å²) in [6.45, 7) is 1.74. The van der Waals surface area contributed by atoms with E-state index in [0.717, 1.165) is 17.7 Å². The zero-order valence-electron chi connectivity index (χ0n) is 11.4. The van der Waals surface area contributed by atoms with Crippen molar-refractivity contribution in [3.8, 4) is 0 Å². The first-order valence-electron chi connectivity index (χ1n) is 6.44. The lowest BCUT2D eigenvalue weighted by atomic mass is 9.97. The van der Waals surface area contributed by atoms with Crippen LogP contribution in [0.5, 0.6) is 0 Å². The quantitative estimate of drug-likeness (QED) is 0.835. The van der Waals surface area contributed by atoms with E-state index in [2.05, 4.69) is 0 Å². The van der Waals surface area contributed by atoms with Crippen LogP contribution >= 0.6 is 0 Å². The molecule has 0 aliphatic carbocycles. The number of rotatable bonds is 3. The zero-order chi connectivity index (χ0) is 15.6. The van der Waals surface area contributed by atoms with Gasteiger partial charge < -0.3 is 5.73 Å². The van der Waals surface area contributed by atoms with Crippen LogP contribution in [0.4, 0.5) is 17.6 Å². The Bertz CT molecular complexity index is 614. The normalized spacial score (nSPS) is 13.2. The molecule has 21 heavy (non-hydrogen) atoms. The Balaban J connectivity index is 2.21. The number of nitrogens with two attached hydrogens (primary N) is 1. The van der Waals surface area contributed by atoms with Gasteiger partial charge in [0.2, 0.25) is 0 Å². The fourth-order valence-corrected chi connectivity index (χ4v) is 2.23. The second-order valence-corrected chi connectivity index (χ2v) is 5.07. The summed E-state index contributed by atoms with van der Waals surface area (Å²) >= 11 is 0. The Morgan fingerprint density at radius 1 is 1.10 bits per heavy atom. The minimum atomic E-state index is -4.38. The highest BCUT2D eigenvalue weighted by Crippen LogP contribution is 2.30. The van der Waals surface area contributed by atoms with Crippen LogP contribution in [0.15, 0.2) is 42.5 Å². The largest absolute Gasteiger partial charge is 0.416 e. The van der Waals surface area contributed by atoms with E-state index in [9.17, 15) is 17.6 Å². The van der Waals surface area contributed by atoms with Gasteiger partial charge in [0.1, 0.15) is 5.82 Å². The van der Waals surface area contributed by atoms with Crippen LogP contribution in [0.2, 0.25) is 0 Å². The molecule has 0 saturated carbocycles. The standard InChI is InChI=1S/C16H15F4N/c1-10-5-12(9-14(17)6-10)15(21)8-11-3-2-4-13(7-11)16(18,19)20/h2-7,9,15H,8,21H2,1H3. The van der Waals surface area contributed by atoms with Crippen LogP contribution < -0.4 is 5.73 Å². The molecule has 112 valence electrons. The van der Waals surface area contributed by atoms with Gasteiger partial charge in [-0.1, -0.05) is 24.3 Å². The number of halogens is 4. The van der Waals surface area contributed by atoms with Gasteiger partial charge in [-0.2, -0.15) is 13.2 Å². The molecule has 2 aromatic carbocycles. The Hall–Kier alpha value is -1.88. The number of aryl methyl sites for hydroxylation is 1. The van der Waals surface area contributed by atoms with Crippen LogP contribution in [-0.4, -0.2) is 0 Å². The molecule has 2 aromatic rings. The Morgan fingerprint density at radius 3 is 2.43 bits per heavy atom. The monoisotopic (exact) mass is 297 g/mol. The molecule has 1 atom stereocenters. The van der Waals surface area contributed by atoms with Gasteiger partial charge in [-0.3, -0.25) is 0 Å². The van der Waals surface area contributed by atoms with Crippen molar-refractivity contribution >= 4 is 0 Å². The molecule has 0 aliphatic rings. The summed E-state index contributed by atoms with van der Waals surface area (Å²) in [7, 11) is 0. The van der Waals surface area contributed by atoms with Crippen molar-refractivity contribution in [3.63, 3.8) is 0 Å². The molecule has 0 bridgehead atoms. The van der Waals surface area contributed by atoms with Crippen molar-refractivity contribution in [2.45, 2.75) is 25.6 Å². The van der Waals surface area contributed by atoms with E-state index >= 15 is 0 Å². The average molecular weight is 297 g/mol. The van der Waals surface area contributed by atoms with Crippen molar-refractivity contribution in [2.75, 3.05) is 0 Å². The van der Waals surface area contributed by atoms with E-state index in [1.54, 1.807) is 19.1 Å². The summed E-state index contributed by atoms with van der Waals surface area (Å²) < 4.78 is 51.3. The van der Waals surface area contributed by atoms with Crippen LogP contribution in [0, 0.1) is 12.7 Å². The number of alkyl halides is 3. The molecule has 5 heteroatoms. The van der Waals surface area contributed by atoms with Crippen molar-refractivity contribution in [3.05, 3.63) is 70.5 Å². The van der Waals surface area contributed by atoms with Gasteiger partial charge in [0, 0.05) is 6.04 Å². The highest BCUT2D eigenvalue weighted by atomic mass is 19.4. The molecule has 0 saturated heterocycles. The summed E-state index contributed by atoms with van der Waals surface area (Å²) in [5.74, 6) is -0.399. The maximum absolute atomic E-state index is 13.3. The van der Waals surface area contributed by atoms with E-state index < -0.39 is 23.6 Å². The minimum Gasteiger partial charge on any atom is -0.324 e. The summed E-state index contributed by atoms with van der Waals surface area (Å²) in [6, 6.07) is 8.89. The fourth-order valence-electron chi connectivity index (χ4n) is 2.23. The third-order valence-corrected chi connectivity index (χ3v) is 3.20. The van der Waals surface area contributed by atoms with Gasteiger partial charge in [0.25, 0.3) is 0 Å². The number of benzene rings is 2. The van der Waals surface area contributed by atoms with Gasteiger partial charge in [0.15, 0.2) is 0 Å². The lowest BCUT2D eigenvalue weighted by Crippen LogP contribution is -2.14. The molecule has 0 heterocycles. The summed E-state index contributed by atoms with van der Waals surface area (Å²) in [6.07, 6.45) is -4.16. The predicted molar refractivity (Wildman–Crippen MR) is 73.2 cm³/mol. The molecule has 0 aromatic heterocycles. The number of hydrogen-bond donors (Lipinski definition) is 1. The second-order valence-electron chi connectivity index (χ2n) is 5.07. The van der Waals surface area contributed by atoms with Crippen LogP contribution in [0.1, 0.15) is 28.3 Å². The molecular weight excluding hydrogens is 282 g/mol. The fraction of sp³-hybridized carbons (Fsp3) is 0.250. The lowest BCUT2D eigenvalue weighted by Gasteiger charge is -2.14. The Labute approximate surface area is 120 Å². The summed E-state index contributed by atoms with van der Waals surface area (Å²) in [4.78, 5) is 0. The van der Waals surface area contributed by atoms with Gasteiger partial charge in [-0.05, 0) is 48.2 Å². The summed E-state index contributed by atoms with van der Waals surface area (Å²) in [5, 5.41) is 0. The minimum absolute atomic E-state index is 0.215. The van der Waals surface area contributed by atoms with Crippen molar-refractivity contribution in [1.82, 2.24) is 0 Å². The van der Waals surface area contributed by atoms with Crippen molar-refractivity contribution < 1.29 is 17.6 Å². The van der Waals surface area contributed by atoms with Gasteiger partial charge in [-0.25, -0.2) is 4.39 Å². The molecule has 1 unspecified atom stereocenters. The number of hydrogen-bond acceptors (Lipinski definition) is 1. The molecule has 0 aliphatic heterocycles. The summed E-state index contributed by atoms with van der Waals surface area (Å²) in [5.41, 5.74) is 7.04. The van der Waals surface area contributed by atoms with Crippen molar-refractivity contribution in [2.24, 2.45) is 5.73 Å². The first-order chi connectivity index (χ1) is 9.75. The third kappa shape index (κ3) is 4.04. The highest BCUT2D eigenvalue weighted by Gasteiger charge is 2.30. The molecule has 0 amide bonds. The van der Waals surface area contributed by atoms with E-state index in [1.807, 2.05) is 0 Å². The molecule has 1 nitrogen and oxygen atoms in total. The van der Waals surface area contributed by atoms with E-state index in [1.165, 1.54) is 18.2 Å². The molecule has 2 rings (SSSR count). The molecular formula is C16H15F4N. The lowest BCUT2D eigenvalue weighted by molar-refractivity contribution is -0.137. The highest BCUT2D eigenvalue weighted by molar-refractivity contribution is 5.30. The predicted octanol–water partition coefficient (Wildman–Crippen LogP) is 4.40. The SMILES string of the molecule is Cc1cc(F)cc(C(N)Cc2cccc(C(F)(F)F)c2)c1. The van der Waals surface area contributed by atoms with Gasteiger partial charge in [-0.15, -0.1) is 0 Å².